The van der Waals surface area contributed by atoms with Gasteiger partial charge >= 0.3 is 0 Å². The summed E-state index contributed by atoms with van der Waals surface area (Å²) in [6, 6.07) is 0. The number of thiol groups is 1. The van der Waals surface area contributed by atoms with Gasteiger partial charge in [-0.3, -0.25) is 0 Å². The summed E-state index contributed by atoms with van der Waals surface area (Å²) in [5.41, 5.74) is 2.97. The van der Waals surface area contributed by atoms with Crippen LogP contribution in [0.1, 0.15) is 0 Å². The molecule has 1 heterocycles. The molecule has 1 N–H and O–H groups in total. The van der Waals surface area contributed by atoms with E-state index in [1.807, 2.05) is 18.0 Å². The summed E-state index contributed by atoms with van der Waals surface area (Å²) >= 11 is 7.58. The maximum atomic E-state index is 4.12. The minimum atomic E-state index is 1.11. The fourth-order valence-corrected chi connectivity index (χ4v) is 2.99. The fraction of sp³-hybridized carbons (Fsp3) is 0.667. The molecular formula is C6H13N3S3. The molecule has 0 amide bonds. The number of rotatable bonds is 4. The second-order valence-electron chi connectivity index (χ2n) is 2.61. The predicted octanol–water partition coefficient (Wildman–Crippen LogP) is 1.39. The summed E-state index contributed by atoms with van der Waals surface area (Å²) in [7, 11) is 4.17. The zero-order valence-electron chi connectivity index (χ0n) is 7.15. The highest BCUT2D eigenvalue weighted by molar-refractivity contribution is 8.23. The summed E-state index contributed by atoms with van der Waals surface area (Å²) in [4.78, 5) is 2.18. The first-order valence-corrected chi connectivity index (χ1v) is 5.75. The van der Waals surface area contributed by atoms with E-state index < -0.39 is 0 Å². The lowest BCUT2D eigenvalue weighted by atomic mass is 10.7. The van der Waals surface area contributed by atoms with E-state index in [1.165, 1.54) is 4.24 Å². The SMILES string of the molecule is CN(C)CCSC1=CNN(S)S1. The minimum absolute atomic E-state index is 1.11. The summed E-state index contributed by atoms with van der Waals surface area (Å²) in [5.74, 6) is 1.12. The third-order valence-electron chi connectivity index (χ3n) is 1.25. The van der Waals surface area contributed by atoms with Crippen LogP contribution < -0.4 is 5.43 Å². The Morgan fingerprint density at radius 2 is 2.50 bits per heavy atom. The van der Waals surface area contributed by atoms with E-state index >= 15 is 0 Å². The monoisotopic (exact) mass is 223 g/mol. The maximum absolute atomic E-state index is 4.12. The van der Waals surface area contributed by atoms with Crippen LogP contribution in [0.2, 0.25) is 0 Å². The molecular weight excluding hydrogens is 210 g/mol. The number of thioether (sulfide) groups is 1. The van der Waals surface area contributed by atoms with Crippen molar-refractivity contribution in [3.05, 3.63) is 10.4 Å². The van der Waals surface area contributed by atoms with Crippen molar-refractivity contribution in [3.63, 3.8) is 0 Å². The Hall–Kier alpha value is 0.510. The fourth-order valence-electron chi connectivity index (χ4n) is 0.643. The van der Waals surface area contributed by atoms with Gasteiger partial charge in [-0.1, -0.05) is 12.8 Å². The third-order valence-corrected chi connectivity index (χ3v) is 3.55. The molecule has 1 rings (SSSR count). The van der Waals surface area contributed by atoms with Gasteiger partial charge in [-0.25, -0.2) is 0 Å². The Balaban J connectivity index is 2.08. The molecule has 0 atom stereocenters. The summed E-state index contributed by atoms with van der Waals surface area (Å²) in [6.45, 7) is 1.11. The topological polar surface area (TPSA) is 18.5 Å². The standard InChI is InChI=1S/C6H13N3S3/c1-8(2)3-4-11-6-5-7-9(10)12-6/h5,7,10H,3-4H2,1-2H3. The van der Waals surface area contributed by atoms with Crippen molar-refractivity contribution >= 4 is 36.5 Å². The lowest BCUT2D eigenvalue weighted by Crippen LogP contribution is -2.14. The first-order chi connectivity index (χ1) is 5.68. The smallest absolute Gasteiger partial charge is 0.0757 e. The van der Waals surface area contributed by atoms with Crippen LogP contribution in [-0.4, -0.2) is 35.1 Å². The normalized spacial score (nSPS) is 18.2. The van der Waals surface area contributed by atoms with Crippen LogP contribution in [0.3, 0.4) is 0 Å². The lowest BCUT2D eigenvalue weighted by molar-refractivity contribution is 0.437. The van der Waals surface area contributed by atoms with Crippen LogP contribution in [0.25, 0.3) is 0 Å². The van der Waals surface area contributed by atoms with E-state index in [-0.39, 0.29) is 0 Å². The quantitative estimate of drug-likeness (QED) is 0.552. The highest BCUT2D eigenvalue weighted by atomic mass is 32.2. The van der Waals surface area contributed by atoms with Gasteiger partial charge in [-0.05, 0) is 26.0 Å². The summed E-state index contributed by atoms with van der Waals surface area (Å²) in [5, 5.41) is 0. The van der Waals surface area contributed by atoms with Crippen LogP contribution in [0, 0.1) is 0 Å². The number of hydrogen-bond acceptors (Lipinski definition) is 6. The Morgan fingerprint density at radius 1 is 1.75 bits per heavy atom. The van der Waals surface area contributed by atoms with Gasteiger partial charge < -0.3 is 10.3 Å². The molecule has 0 bridgehead atoms. The van der Waals surface area contributed by atoms with Crippen molar-refractivity contribution in [2.75, 3.05) is 26.4 Å². The van der Waals surface area contributed by atoms with E-state index in [9.17, 15) is 0 Å². The van der Waals surface area contributed by atoms with E-state index in [0.717, 1.165) is 12.3 Å². The predicted molar refractivity (Wildman–Crippen MR) is 60.6 cm³/mol. The van der Waals surface area contributed by atoms with Crippen LogP contribution in [-0.2, 0) is 0 Å². The largest absolute Gasteiger partial charge is 0.309 e. The molecule has 0 radical (unpaired) electrons. The van der Waals surface area contributed by atoms with Crippen LogP contribution in [0.4, 0.5) is 0 Å². The van der Waals surface area contributed by atoms with E-state index in [2.05, 4.69) is 37.2 Å². The van der Waals surface area contributed by atoms with Gasteiger partial charge in [0.05, 0.1) is 4.24 Å². The lowest BCUT2D eigenvalue weighted by Gasteiger charge is -2.08. The Kier molecular flexibility index (Phi) is 4.66. The molecule has 0 saturated heterocycles. The van der Waals surface area contributed by atoms with Crippen molar-refractivity contribution in [2.24, 2.45) is 0 Å². The zero-order valence-corrected chi connectivity index (χ0v) is 9.68. The Labute approximate surface area is 87.6 Å². The first kappa shape index (κ1) is 10.6. The summed E-state index contributed by atoms with van der Waals surface area (Å²) < 4.78 is 2.96. The number of hydrogen-bond donors (Lipinski definition) is 2. The second-order valence-corrected chi connectivity index (χ2v) is 5.66. The van der Waals surface area contributed by atoms with E-state index in [0.29, 0.717) is 0 Å². The van der Waals surface area contributed by atoms with Gasteiger partial charge in [0.15, 0.2) is 0 Å². The van der Waals surface area contributed by atoms with Crippen LogP contribution in [0.5, 0.6) is 0 Å². The number of nitrogens with one attached hydrogen (secondary N) is 1. The molecule has 0 spiro atoms. The molecule has 0 unspecified atom stereocenters. The third kappa shape index (κ3) is 3.95. The average molecular weight is 223 g/mol. The molecule has 0 fully saturated rings. The van der Waals surface area contributed by atoms with Crippen molar-refractivity contribution in [3.8, 4) is 0 Å². The molecule has 12 heavy (non-hydrogen) atoms. The molecule has 0 aromatic heterocycles. The van der Waals surface area contributed by atoms with Crippen molar-refractivity contribution in [1.82, 2.24) is 14.1 Å². The highest BCUT2D eigenvalue weighted by Crippen LogP contribution is 2.34. The maximum Gasteiger partial charge on any atom is 0.0757 e. The minimum Gasteiger partial charge on any atom is -0.309 e. The zero-order chi connectivity index (χ0) is 8.97. The first-order valence-electron chi connectivity index (χ1n) is 3.59. The molecule has 0 saturated carbocycles. The Morgan fingerprint density at radius 3 is 3.00 bits per heavy atom. The molecule has 0 aromatic carbocycles. The van der Waals surface area contributed by atoms with E-state index in [1.54, 1.807) is 15.8 Å². The molecule has 6 heteroatoms. The highest BCUT2D eigenvalue weighted by Gasteiger charge is 2.11. The van der Waals surface area contributed by atoms with Gasteiger partial charge in [0.25, 0.3) is 0 Å². The van der Waals surface area contributed by atoms with Crippen LogP contribution >= 0.6 is 36.5 Å². The molecule has 3 nitrogen and oxygen atoms in total. The van der Waals surface area contributed by atoms with Gasteiger partial charge in [0.1, 0.15) is 0 Å². The van der Waals surface area contributed by atoms with E-state index in [4.69, 9.17) is 0 Å². The molecule has 1 aliphatic heterocycles. The molecule has 0 aromatic rings. The molecule has 0 aliphatic carbocycles. The molecule has 70 valence electrons. The van der Waals surface area contributed by atoms with Crippen molar-refractivity contribution < 1.29 is 0 Å². The number of nitrogens with zero attached hydrogens (tertiary/aromatic N) is 2. The van der Waals surface area contributed by atoms with Gasteiger partial charge in [0, 0.05) is 18.5 Å². The second kappa shape index (κ2) is 5.29. The van der Waals surface area contributed by atoms with Gasteiger partial charge in [0.2, 0.25) is 0 Å². The van der Waals surface area contributed by atoms with Crippen LogP contribution in [0.15, 0.2) is 10.4 Å². The van der Waals surface area contributed by atoms with Gasteiger partial charge in [-0.15, -0.1) is 15.6 Å². The van der Waals surface area contributed by atoms with Gasteiger partial charge in [-0.2, -0.15) is 0 Å². The van der Waals surface area contributed by atoms with Crippen molar-refractivity contribution in [1.29, 1.82) is 0 Å². The van der Waals surface area contributed by atoms with Crippen molar-refractivity contribution in [2.45, 2.75) is 0 Å². The Bertz CT molecular complexity index is 171. The summed E-state index contributed by atoms with van der Waals surface area (Å²) in [6.07, 6.45) is 1.97. The molecule has 1 aliphatic rings. The average Bonchev–Trinajstić information content (AvgIpc) is 2.35. The number of hydrazine groups is 1.